The molecule has 0 radical (unpaired) electrons. The number of likely N-dealkylation sites (tertiary alicyclic amines) is 2. The van der Waals surface area contributed by atoms with Gasteiger partial charge in [0.05, 0.1) is 18.3 Å². The number of benzene rings is 1. The van der Waals surface area contributed by atoms with Crippen molar-refractivity contribution >= 4 is 33.9 Å². The number of carbonyl (C=O) groups is 2. The van der Waals surface area contributed by atoms with E-state index < -0.39 is 0 Å². The molecule has 5 fully saturated rings. The molecule has 0 spiro atoms. The molecule has 4 aromatic heterocycles. The normalized spacial score (nSPS) is 23.9. The standard InChI is InChI=1S/C38H36N8O3/c1-49-32-14-26(38(48)45-20-27-9-25-13-30(45)33(25)27)11-29-34(32)46(19-22-16-43(17-22)37(47)24-6-8-40-28(10-24)15-39)36(42-29)31-12-23-3-2-7-41-35(23)44(31)18-21-4-5-21/h2-3,6-8,10-12,14,21-22,25,27,30,33H,4-5,9,13,16-20H2,1H3/t25?,27?,30?,33-/m1/s1. The molecule has 0 N–H and O–H groups in total. The highest BCUT2D eigenvalue weighted by molar-refractivity contribution is 6.00. The molecule has 5 aliphatic rings. The highest BCUT2D eigenvalue weighted by Gasteiger charge is 2.61. The maximum atomic E-state index is 14.0. The fourth-order valence-corrected chi connectivity index (χ4v) is 9.18. The van der Waals surface area contributed by atoms with Gasteiger partial charge in [-0.1, -0.05) is 0 Å². The Labute approximate surface area is 283 Å². The third-order valence-corrected chi connectivity index (χ3v) is 11.9. The minimum Gasteiger partial charge on any atom is -0.494 e. The van der Waals surface area contributed by atoms with Crippen molar-refractivity contribution in [2.45, 2.75) is 44.8 Å². The smallest absolute Gasteiger partial charge is 0.254 e. The Kier molecular flexibility index (Phi) is 6.23. The highest BCUT2D eigenvalue weighted by Crippen LogP contribution is 2.60. The lowest BCUT2D eigenvalue weighted by atomic mass is 9.53. The number of fused-ring (bicyclic) bond motifs is 2. The second kappa shape index (κ2) is 10.6. The molecule has 0 bridgehead atoms. The maximum Gasteiger partial charge on any atom is 0.254 e. The number of rotatable bonds is 8. The van der Waals surface area contributed by atoms with E-state index in [1.54, 1.807) is 19.2 Å². The van der Waals surface area contributed by atoms with Gasteiger partial charge < -0.3 is 23.7 Å². The monoisotopic (exact) mass is 652 g/mol. The first-order valence-electron chi connectivity index (χ1n) is 17.5. The number of nitrogens with zero attached hydrogens (tertiary/aromatic N) is 8. The molecule has 2 saturated heterocycles. The zero-order valence-electron chi connectivity index (χ0n) is 27.3. The first-order valence-corrected chi connectivity index (χ1v) is 17.5. The van der Waals surface area contributed by atoms with Gasteiger partial charge in [0.15, 0.2) is 5.82 Å². The fraction of sp³-hybridized carbons (Fsp3) is 0.421. The van der Waals surface area contributed by atoms with Gasteiger partial charge in [-0.2, -0.15) is 5.26 Å². The van der Waals surface area contributed by atoms with Crippen LogP contribution >= 0.6 is 0 Å². The number of hydrogen-bond donors (Lipinski definition) is 0. The summed E-state index contributed by atoms with van der Waals surface area (Å²) in [6.45, 7) is 3.51. The average molecular weight is 653 g/mol. The van der Waals surface area contributed by atoms with Gasteiger partial charge >= 0.3 is 0 Å². The molecule has 11 nitrogen and oxygen atoms in total. The Hall–Kier alpha value is -5.24. The van der Waals surface area contributed by atoms with E-state index in [-0.39, 0.29) is 23.4 Å². The topological polar surface area (TPSA) is 122 Å². The van der Waals surface area contributed by atoms with Crippen LogP contribution in [0.3, 0.4) is 0 Å². The lowest BCUT2D eigenvalue weighted by molar-refractivity contribution is -0.0204. The minimum absolute atomic E-state index is 0.0741. The molecular formula is C38H36N8O3. The van der Waals surface area contributed by atoms with E-state index in [1.165, 1.54) is 25.5 Å². The summed E-state index contributed by atoms with van der Waals surface area (Å²) in [4.78, 5) is 45.3. The van der Waals surface area contributed by atoms with Crippen molar-refractivity contribution in [2.24, 2.45) is 29.6 Å². The van der Waals surface area contributed by atoms with Crippen molar-refractivity contribution in [1.82, 2.24) is 33.9 Å². The third-order valence-electron chi connectivity index (χ3n) is 11.9. The van der Waals surface area contributed by atoms with Gasteiger partial charge in [0.2, 0.25) is 0 Å². The molecule has 2 amide bonds. The number of hydrogen-bond acceptors (Lipinski definition) is 7. The van der Waals surface area contributed by atoms with Crippen LogP contribution in [-0.2, 0) is 13.1 Å². The maximum absolute atomic E-state index is 14.0. The summed E-state index contributed by atoms with van der Waals surface area (Å²) >= 11 is 0. The second-order valence-corrected chi connectivity index (χ2v) is 14.8. The van der Waals surface area contributed by atoms with Crippen molar-refractivity contribution < 1.29 is 14.3 Å². The molecule has 3 aliphatic carbocycles. The van der Waals surface area contributed by atoms with E-state index in [9.17, 15) is 14.9 Å². The summed E-state index contributed by atoms with van der Waals surface area (Å²) in [5.74, 6) is 4.39. The Morgan fingerprint density at radius 1 is 0.918 bits per heavy atom. The van der Waals surface area contributed by atoms with Gasteiger partial charge in [-0.05, 0) is 91.8 Å². The summed E-state index contributed by atoms with van der Waals surface area (Å²) in [5, 5.41) is 10.3. The van der Waals surface area contributed by atoms with Crippen LogP contribution in [0, 0.1) is 40.9 Å². The predicted octanol–water partition coefficient (Wildman–Crippen LogP) is 4.99. The van der Waals surface area contributed by atoms with Crippen LogP contribution in [0.25, 0.3) is 33.6 Å². The lowest BCUT2D eigenvalue weighted by Crippen LogP contribution is -2.53. The molecular weight excluding hydrogens is 616 g/mol. The van der Waals surface area contributed by atoms with Gasteiger partial charge in [0, 0.05) is 73.6 Å². The molecule has 11 heteroatoms. The Bertz CT molecular complexity index is 2240. The summed E-state index contributed by atoms with van der Waals surface area (Å²) in [7, 11) is 1.66. The van der Waals surface area contributed by atoms with Crippen LogP contribution in [0.2, 0.25) is 0 Å². The minimum atomic E-state index is -0.102. The van der Waals surface area contributed by atoms with Crippen molar-refractivity contribution in [2.75, 3.05) is 26.7 Å². The van der Waals surface area contributed by atoms with E-state index in [1.807, 2.05) is 35.4 Å². The highest BCUT2D eigenvalue weighted by atomic mass is 16.5. The molecule has 2 aliphatic heterocycles. The molecule has 3 unspecified atom stereocenters. The number of carbonyl (C=O) groups excluding carboxylic acids is 2. The molecule has 10 rings (SSSR count). The zero-order valence-corrected chi connectivity index (χ0v) is 27.3. The fourth-order valence-electron chi connectivity index (χ4n) is 9.18. The number of aromatic nitrogens is 5. The molecule has 5 aromatic rings. The number of imidazole rings is 1. The van der Waals surface area contributed by atoms with Gasteiger partial charge in [-0.3, -0.25) is 9.59 Å². The van der Waals surface area contributed by atoms with E-state index in [0.29, 0.717) is 60.3 Å². The molecule has 6 heterocycles. The van der Waals surface area contributed by atoms with Crippen LogP contribution in [0.1, 0.15) is 52.1 Å². The van der Waals surface area contributed by atoms with E-state index in [2.05, 4.69) is 31.2 Å². The SMILES string of the molecule is COc1cc(C(=O)N2CC3CC4CC2[C@H]43)cc2nc(-c3cc4cccnc4n3CC3CC3)n(CC3CN(C(=O)c4ccnc(C#N)c4)C3)c12. The second-order valence-electron chi connectivity index (χ2n) is 14.8. The summed E-state index contributed by atoms with van der Waals surface area (Å²) in [5.41, 5.74) is 4.86. The molecule has 3 saturated carbocycles. The van der Waals surface area contributed by atoms with Crippen molar-refractivity contribution in [3.63, 3.8) is 0 Å². The Morgan fingerprint density at radius 3 is 2.55 bits per heavy atom. The summed E-state index contributed by atoms with van der Waals surface area (Å²) in [6, 6.07) is 15.7. The third kappa shape index (κ3) is 4.42. The van der Waals surface area contributed by atoms with Crippen LogP contribution in [-0.4, -0.2) is 78.5 Å². The van der Waals surface area contributed by atoms with Gasteiger partial charge in [-0.15, -0.1) is 0 Å². The zero-order chi connectivity index (χ0) is 33.0. The average Bonchev–Trinajstić information content (AvgIpc) is 3.75. The van der Waals surface area contributed by atoms with Crippen molar-refractivity contribution in [3.8, 4) is 23.3 Å². The molecule has 49 heavy (non-hydrogen) atoms. The van der Waals surface area contributed by atoms with E-state index >= 15 is 0 Å². The van der Waals surface area contributed by atoms with Gasteiger partial charge in [0.25, 0.3) is 11.8 Å². The first-order chi connectivity index (χ1) is 24.0. The van der Waals surface area contributed by atoms with Crippen LogP contribution in [0.4, 0.5) is 0 Å². The lowest BCUT2D eigenvalue weighted by Gasteiger charge is -2.52. The number of ether oxygens (including phenoxy) is 1. The number of pyridine rings is 2. The molecule has 1 aromatic carbocycles. The van der Waals surface area contributed by atoms with Gasteiger partial charge in [-0.25, -0.2) is 15.0 Å². The van der Waals surface area contributed by atoms with E-state index in [4.69, 9.17) is 14.7 Å². The van der Waals surface area contributed by atoms with Crippen LogP contribution < -0.4 is 4.74 Å². The molecule has 246 valence electrons. The summed E-state index contributed by atoms with van der Waals surface area (Å²) < 4.78 is 10.6. The number of amides is 2. The number of methoxy groups -OCH3 is 1. The van der Waals surface area contributed by atoms with E-state index in [0.717, 1.165) is 59.0 Å². The van der Waals surface area contributed by atoms with Gasteiger partial charge in [0.1, 0.15) is 28.7 Å². The van der Waals surface area contributed by atoms with Crippen LogP contribution in [0.5, 0.6) is 5.75 Å². The number of nitriles is 1. The van der Waals surface area contributed by atoms with Crippen molar-refractivity contribution in [1.29, 1.82) is 5.26 Å². The quantitative estimate of drug-likeness (QED) is 0.232. The van der Waals surface area contributed by atoms with Crippen molar-refractivity contribution in [3.05, 3.63) is 71.7 Å². The Morgan fingerprint density at radius 2 is 1.78 bits per heavy atom. The first kappa shape index (κ1) is 28.7. The predicted molar refractivity (Wildman–Crippen MR) is 181 cm³/mol. The molecule has 4 atom stereocenters. The Balaban J connectivity index is 1.04. The van der Waals surface area contributed by atoms with Crippen LogP contribution in [0.15, 0.2) is 54.9 Å². The largest absolute Gasteiger partial charge is 0.494 e. The summed E-state index contributed by atoms with van der Waals surface area (Å²) in [6.07, 6.45) is 8.16.